The van der Waals surface area contributed by atoms with Crippen LogP contribution in [-0.4, -0.2) is 55.7 Å². The first-order chi connectivity index (χ1) is 15.2. The lowest BCUT2D eigenvalue weighted by atomic mass is 10.1. The normalized spacial score (nSPS) is 14.0. The SMILES string of the molecule is COc1cccc2c(C)cc(N3CCN(C(=O)CCCOc4ccccc4)CC3)nc12. The second kappa shape index (κ2) is 9.69. The van der Waals surface area contributed by atoms with Crippen molar-refractivity contribution >= 4 is 22.6 Å². The molecule has 31 heavy (non-hydrogen) atoms. The maximum Gasteiger partial charge on any atom is 0.222 e. The summed E-state index contributed by atoms with van der Waals surface area (Å²) >= 11 is 0. The highest BCUT2D eigenvalue weighted by Crippen LogP contribution is 2.29. The van der Waals surface area contributed by atoms with E-state index < -0.39 is 0 Å². The summed E-state index contributed by atoms with van der Waals surface area (Å²) in [6.07, 6.45) is 1.23. The van der Waals surface area contributed by atoms with Crippen LogP contribution in [0, 0.1) is 6.92 Å². The molecule has 0 atom stereocenters. The number of amides is 1. The Hall–Kier alpha value is -3.28. The first-order valence-corrected chi connectivity index (χ1v) is 10.8. The Morgan fingerprint density at radius 3 is 2.55 bits per heavy atom. The molecule has 0 N–H and O–H groups in total. The molecule has 0 bridgehead atoms. The summed E-state index contributed by atoms with van der Waals surface area (Å²) in [7, 11) is 1.67. The molecule has 0 spiro atoms. The van der Waals surface area contributed by atoms with E-state index in [1.807, 2.05) is 47.4 Å². The number of hydrogen-bond donors (Lipinski definition) is 0. The summed E-state index contributed by atoms with van der Waals surface area (Å²) in [5.41, 5.74) is 2.06. The van der Waals surface area contributed by atoms with Gasteiger partial charge in [0.05, 0.1) is 13.7 Å². The number of piperazine rings is 1. The van der Waals surface area contributed by atoms with Gasteiger partial charge in [-0.25, -0.2) is 4.98 Å². The molecular formula is C25H29N3O3. The topological polar surface area (TPSA) is 54.9 Å². The first-order valence-electron chi connectivity index (χ1n) is 10.8. The van der Waals surface area contributed by atoms with Gasteiger partial charge in [0.15, 0.2) is 0 Å². The minimum absolute atomic E-state index is 0.195. The van der Waals surface area contributed by atoms with Crippen molar-refractivity contribution in [3.8, 4) is 11.5 Å². The van der Waals surface area contributed by atoms with Crippen LogP contribution in [0.1, 0.15) is 18.4 Å². The first kappa shape index (κ1) is 21.0. The molecule has 2 aromatic carbocycles. The minimum atomic E-state index is 0.195. The minimum Gasteiger partial charge on any atom is -0.494 e. The molecule has 0 radical (unpaired) electrons. The summed E-state index contributed by atoms with van der Waals surface area (Å²) < 4.78 is 11.2. The number of pyridine rings is 1. The average molecular weight is 420 g/mol. The summed E-state index contributed by atoms with van der Waals surface area (Å²) in [5.74, 6) is 2.77. The standard InChI is InChI=1S/C25H29N3O3/c1-19-18-23(26-25-21(19)10-6-11-22(25)30-2)27-13-15-28(16-14-27)24(29)12-7-17-31-20-8-4-3-5-9-20/h3-6,8-11,18H,7,12-17H2,1-2H3. The summed E-state index contributed by atoms with van der Waals surface area (Å²) in [6, 6.07) is 17.8. The van der Waals surface area contributed by atoms with Crippen molar-refractivity contribution in [3.05, 3.63) is 60.2 Å². The van der Waals surface area contributed by atoms with Gasteiger partial charge in [-0.05, 0) is 43.2 Å². The number of benzene rings is 2. The van der Waals surface area contributed by atoms with Crippen molar-refractivity contribution in [1.29, 1.82) is 0 Å². The Bertz CT molecular complexity index is 1030. The average Bonchev–Trinajstić information content (AvgIpc) is 2.82. The Morgan fingerprint density at radius 1 is 1.03 bits per heavy atom. The highest BCUT2D eigenvalue weighted by Gasteiger charge is 2.22. The number of para-hydroxylation sites is 2. The van der Waals surface area contributed by atoms with Crippen molar-refractivity contribution < 1.29 is 14.3 Å². The van der Waals surface area contributed by atoms with Crippen LogP contribution in [0.5, 0.6) is 11.5 Å². The molecule has 0 aliphatic carbocycles. The van der Waals surface area contributed by atoms with E-state index in [-0.39, 0.29) is 5.91 Å². The number of ether oxygens (including phenoxy) is 2. The molecule has 1 aliphatic heterocycles. The lowest BCUT2D eigenvalue weighted by molar-refractivity contribution is -0.131. The zero-order valence-electron chi connectivity index (χ0n) is 18.2. The smallest absolute Gasteiger partial charge is 0.222 e. The monoisotopic (exact) mass is 419 g/mol. The van der Waals surface area contributed by atoms with Gasteiger partial charge in [-0.15, -0.1) is 0 Å². The van der Waals surface area contributed by atoms with Crippen LogP contribution in [0.2, 0.25) is 0 Å². The number of aromatic nitrogens is 1. The van der Waals surface area contributed by atoms with E-state index in [0.29, 0.717) is 26.1 Å². The molecule has 0 saturated carbocycles. The maximum absolute atomic E-state index is 12.6. The van der Waals surface area contributed by atoms with E-state index in [9.17, 15) is 4.79 Å². The highest BCUT2D eigenvalue weighted by molar-refractivity contribution is 5.89. The van der Waals surface area contributed by atoms with Gasteiger partial charge in [0.25, 0.3) is 0 Å². The predicted molar refractivity (Wildman–Crippen MR) is 123 cm³/mol. The molecule has 2 heterocycles. The molecule has 1 amide bonds. The molecule has 4 rings (SSSR count). The number of rotatable bonds is 7. The number of nitrogens with zero attached hydrogens (tertiary/aromatic N) is 3. The van der Waals surface area contributed by atoms with Gasteiger partial charge in [0.2, 0.25) is 5.91 Å². The van der Waals surface area contributed by atoms with Crippen molar-refractivity contribution in [2.24, 2.45) is 0 Å². The number of carbonyl (C=O) groups is 1. The van der Waals surface area contributed by atoms with Gasteiger partial charge < -0.3 is 19.3 Å². The summed E-state index contributed by atoms with van der Waals surface area (Å²) in [6.45, 7) is 5.63. The second-order valence-electron chi connectivity index (χ2n) is 7.79. The fraction of sp³-hybridized carbons (Fsp3) is 0.360. The molecular weight excluding hydrogens is 390 g/mol. The van der Waals surface area contributed by atoms with Crippen LogP contribution in [0.3, 0.4) is 0 Å². The van der Waals surface area contributed by atoms with E-state index in [0.717, 1.165) is 47.7 Å². The van der Waals surface area contributed by atoms with Crippen molar-refractivity contribution in [3.63, 3.8) is 0 Å². The number of carbonyl (C=O) groups excluding carboxylic acids is 1. The van der Waals surface area contributed by atoms with Crippen LogP contribution in [0.4, 0.5) is 5.82 Å². The van der Waals surface area contributed by atoms with E-state index in [1.165, 1.54) is 5.56 Å². The Morgan fingerprint density at radius 2 is 1.81 bits per heavy atom. The van der Waals surface area contributed by atoms with Crippen molar-refractivity contribution in [2.45, 2.75) is 19.8 Å². The fourth-order valence-corrected chi connectivity index (χ4v) is 3.97. The molecule has 3 aromatic rings. The van der Waals surface area contributed by atoms with Gasteiger partial charge in [-0.2, -0.15) is 0 Å². The summed E-state index contributed by atoms with van der Waals surface area (Å²) in [5, 5.41) is 1.11. The molecule has 1 fully saturated rings. The number of aryl methyl sites for hydroxylation is 1. The number of methoxy groups -OCH3 is 1. The van der Waals surface area contributed by atoms with E-state index in [2.05, 4.69) is 24.0 Å². The molecule has 1 saturated heterocycles. The van der Waals surface area contributed by atoms with Crippen LogP contribution in [0.25, 0.3) is 10.9 Å². The predicted octanol–water partition coefficient (Wildman–Crippen LogP) is 4.06. The molecule has 1 aromatic heterocycles. The largest absolute Gasteiger partial charge is 0.494 e. The van der Waals surface area contributed by atoms with Crippen LogP contribution in [0.15, 0.2) is 54.6 Å². The van der Waals surface area contributed by atoms with Crippen molar-refractivity contribution in [1.82, 2.24) is 9.88 Å². The lowest BCUT2D eigenvalue weighted by Crippen LogP contribution is -2.49. The Balaban J connectivity index is 1.30. The van der Waals surface area contributed by atoms with E-state index in [4.69, 9.17) is 14.5 Å². The van der Waals surface area contributed by atoms with Gasteiger partial charge in [-0.3, -0.25) is 4.79 Å². The molecule has 6 nitrogen and oxygen atoms in total. The van der Waals surface area contributed by atoms with Crippen LogP contribution >= 0.6 is 0 Å². The molecule has 6 heteroatoms. The van der Waals surface area contributed by atoms with Gasteiger partial charge in [0.1, 0.15) is 22.8 Å². The molecule has 162 valence electrons. The quantitative estimate of drug-likeness (QED) is 0.541. The third-order valence-electron chi connectivity index (χ3n) is 5.72. The zero-order valence-corrected chi connectivity index (χ0v) is 18.2. The van der Waals surface area contributed by atoms with Crippen molar-refractivity contribution in [2.75, 3.05) is 44.8 Å². The third kappa shape index (κ3) is 4.90. The summed E-state index contributed by atoms with van der Waals surface area (Å²) in [4.78, 5) is 21.7. The van der Waals surface area contributed by atoms with Gasteiger partial charge in [-0.1, -0.05) is 30.3 Å². The van der Waals surface area contributed by atoms with Crippen LogP contribution in [-0.2, 0) is 4.79 Å². The Kier molecular flexibility index (Phi) is 6.55. The lowest BCUT2D eigenvalue weighted by Gasteiger charge is -2.35. The fourth-order valence-electron chi connectivity index (χ4n) is 3.97. The maximum atomic E-state index is 12.6. The molecule has 0 unspecified atom stereocenters. The van der Waals surface area contributed by atoms with Gasteiger partial charge in [0, 0.05) is 38.0 Å². The number of anilines is 1. The van der Waals surface area contributed by atoms with E-state index >= 15 is 0 Å². The van der Waals surface area contributed by atoms with E-state index in [1.54, 1.807) is 7.11 Å². The van der Waals surface area contributed by atoms with Gasteiger partial charge >= 0.3 is 0 Å². The van der Waals surface area contributed by atoms with Crippen LogP contribution < -0.4 is 14.4 Å². The third-order valence-corrected chi connectivity index (χ3v) is 5.72. The highest BCUT2D eigenvalue weighted by atomic mass is 16.5. The number of fused-ring (bicyclic) bond motifs is 1. The zero-order chi connectivity index (χ0) is 21.6. The molecule has 1 aliphatic rings. The Labute approximate surface area is 183 Å². The second-order valence-corrected chi connectivity index (χ2v) is 7.79. The number of hydrogen-bond acceptors (Lipinski definition) is 5.